The van der Waals surface area contributed by atoms with Crippen molar-refractivity contribution < 1.29 is 5.11 Å². The highest BCUT2D eigenvalue weighted by Gasteiger charge is 2.07. The van der Waals surface area contributed by atoms with Crippen molar-refractivity contribution in [2.45, 2.75) is 32.3 Å². The summed E-state index contributed by atoms with van der Waals surface area (Å²) in [5.74, 6) is 0.238. The monoisotopic (exact) mass is 136 g/mol. The summed E-state index contributed by atoms with van der Waals surface area (Å²) in [6, 6.07) is 0. The van der Waals surface area contributed by atoms with Gasteiger partial charge in [0.2, 0.25) is 0 Å². The molecule has 8 heavy (non-hydrogen) atoms. The van der Waals surface area contributed by atoms with Gasteiger partial charge in [-0.2, -0.15) is 0 Å². The van der Waals surface area contributed by atoms with Gasteiger partial charge in [-0.25, -0.2) is 0 Å². The molecule has 0 spiro atoms. The number of aliphatic hydroxyl groups excluding tert-OH is 1. The van der Waals surface area contributed by atoms with E-state index in [1.807, 2.05) is 6.92 Å². The van der Waals surface area contributed by atoms with E-state index >= 15 is 0 Å². The van der Waals surface area contributed by atoms with Gasteiger partial charge in [-0.3, -0.25) is 0 Å². The van der Waals surface area contributed by atoms with Crippen LogP contribution in [0, 0.1) is 5.92 Å². The molecule has 0 rings (SSSR count). The minimum absolute atomic E-state index is 0.238. The van der Waals surface area contributed by atoms with Gasteiger partial charge in [-0.1, -0.05) is 31.9 Å². The van der Waals surface area contributed by atoms with E-state index in [9.17, 15) is 0 Å². The van der Waals surface area contributed by atoms with E-state index in [0.29, 0.717) is 0 Å². The molecule has 0 aliphatic heterocycles. The summed E-state index contributed by atoms with van der Waals surface area (Å²) in [7, 11) is 0. The molecule has 0 bridgehead atoms. The van der Waals surface area contributed by atoms with Crippen LogP contribution in [-0.4, -0.2) is 10.7 Å². The molecule has 0 aromatic rings. The Morgan fingerprint density at radius 1 is 1.62 bits per heavy atom. The molecular weight excluding hydrogens is 124 g/mol. The van der Waals surface area contributed by atoms with E-state index < -0.39 is 5.56 Å². The lowest BCUT2D eigenvalue weighted by molar-refractivity contribution is 0.188. The number of aliphatic hydroxyl groups is 1. The van der Waals surface area contributed by atoms with Gasteiger partial charge in [0, 0.05) is 0 Å². The molecule has 1 nitrogen and oxygen atoms in total. The Bertz CT molecular complexity index is 54.5. The number of rotatable bonds is 3. The molecule has 0 saturated carbocycles. The van der Waals surface area contributed by atoms with Crippen LogP contribution in [0.3, 0.4) is 0 Å². The lowest BCUT2D eigenvalue weighted by Crippen LogP contribution is -2.08. The van der Waals surface area contributed by atoms with Crippen molar-refractivity contribution >= 4 is 11.6 Å². The zero-order chi connectivity index (χ0) is 6.57. The van der Waals surface area contributed by atoms with Crippen LogP contribution >= 0.6 is 11.6 Å². The molecule has 2 unspecified atom stereocenters. The third-order valence-corrected chi connectivity index (χ3v) is 1.64. The Balaban J connectivity index is 3.17. The average molecular weight is 137 g/mol. The van der Waals surface area contributed by atoms with Gasteiger partial charge in [0.15, 0.2) is 0 Å². The van der Waals surface area contributed by atoms with Gasteiger partial charge in [0.1, 0.15) is 5.56 Å². The zero-order valence-electron chi connectivity index (χ0n) is 5.39. The van der Waals surface area contributed by atoms with Gasteiger partial charge in [-0.15, -0.1) is 0 Å². The third-order valence-electron chi connectivity index (χ3n) is 1.21. The summed E-state index contributed by atoms with van der Waals surface area (Å²) in [6.45, 7) is 4.02. The third kappa shape index (κ3) is 3.28. The number of hydrogen-bond acceptors (Lipinski definition) is 1. The van der Waals surface area contributed by atoms with Crippen LogP contribution < -0.4 is 0 Å². The van der Waals surface area contributed by atoms with Gasteiger partial charge < -0.3 is 5.11 Å². The fraction of sp³-hybridized carbons (Fsp3) is 1.00. The van der Waals surface area contributed by atoms with Gasteiger partial charge in [0.05, 0.1) is 0 Å². The minimum atomic E-state index is -0.657. The maximum absolute atomic E-state index is 8.72. The molecule has 1 N–H and O–H groups in total. The van der Waals surface area contributed by atoms with Crippen LogP contribution in [0.5, 0.6) is 0 Å². The van der Waals surface area contributed by atoms with Crippen molar-refractivity contribution in [2.24, 2.45) is 5.92 Å². The standard InChI is InChI=1S/C6H13ClO/c1-3-4-5(2)6(7)8/h5-6,8H,3-4H2,1-2H3. The predicted octanol–water partition coefficient (Wildman–Crippen LogP) is 1.98. The first-order valence-corrected chi connectivity index (χ1v) is 3.44. The molecule has 0 aliphatic carbocycles. The van der Waals surface area contributed by atoms with Crippen molar-refractivity contribution in [1.29, 1.82) is 0 Å². The summed E-state index contributed by atoms with van der Waals surface area (Å²) >= 11 is 5.36. The topological polar surface area (TPSA) is 20.2 Å². The molecule has 0 heterocycles. The zero-order valence-corrected chi connectivity index (χ0v) is 6.15. The smallest absolute Gasteiger partial charge is 0.130 e. The van der Waals surface area contributed by atoms with Crippen molar-refractivity contribution in [3.63, 3.8) is 0 Å². The minimum Gasteiger partial charge on any atom is -0.377 e. The Labute approximate surface area is 55.7 Å². The summed E-state index contributed by atoms with van der Waals surface area (Å²) < 4.78 is 0. The second-order valence-corrected chi connectivity index (χ2v) is 2.59. The second kappa shape index (κ2) is 4.16. The Hall–Kier alpha value is 0.250. The second-order valence-electron chi connectivity index (χ2n) is 2.14. The highest BCUT2D eigenvalue weighted by molar-refractivity contribution is 6.19. The molecule has 50 valence electrons. The van der Waals surface area contributed by atoms with Crippen molar-refractivity contribution in [3.05, 3.63) is 0 Å². The maximum Gasteiger partial charge on any atom is 0.130 e. The SMILES string of the molecule is CCCC(C)C(O)Cl. The lowest BCUT2D eigenvalue weighted by Gasteiger charge is -2.09. The summed E-state index contributed by atoms with van der Waals surface area (Å²) in [5, 5.41) is 8.72. The molecule has 0 saturated heterocycles. The number of alkyl halides is 1. The highest BCUT2D eigenvalue weighted by atomic mass is 35.5. The van der Waals surface area contributed by atoms with E-state index in [-0.39, 0.29) is 5.92 Å². The van der Waals surface area contributed by atoms with E-state index in [4.69, 9.17) is 16.7 Å². The van der Waals surface area contributed by atoms with Crippen LogP contribution in [0.4, 0.5) is 0 Å². The molecule has 0 amide bonds. The van der Waals surface area contributed by atoms with E-state index in [1.54, 1.807) is 0 Å². The molecule has 2 heteroatoms. The summed E-state index contributed by atoms with van der Waals surface area (Å²) in [4.78, 5) is 0. The van der Waals surface area contributed by atoms with Crippen LogP contribution in [0.15, 0.2) is 0 Å². The predicted molar refractivity (Wildman–Crippen MR) is 35.9 cm³/mol. The molecule has 0 aromatic heterocycles. The Morgan fingerprint density at radius 2 is 2.12 bits per heavy atom. The Morgan fingerprint density at radius 3 is 2.25 bits per heavy atom. The quantitative estimate of drug-likeness (QED) is 0.589. The molecule has 0 aromatic carbocycles. The molecular formula is C6H13ClO. The molecule has 0 aliphatic rings. The van der Waals surface area contributed by atoms with E-state index in [0.717, 1.165) is 12.8 Å². The first-order chi connectivity index (χ1) is 3.68. The first kappa shape index (κ1) is 8.25. The van der Waals surface area contributed by atoms with E-state index in [1.165, 1.54) is 0 Å². The maximum atomic E-state index is 8.72. The van der Waals surface area contributed by atoms with Gasteiger partial charge >= 0.3 is 0 Å². The van der Waals surface area contributed by atoms with Crippen LogP contribution in [0.1, 0.15) is 26.7 Å². The van der Waals surface area contributed by atoms with Crippen molar-refractivity contribution in [2.75, 3.05) is 0 Å². The fourth-order valence-corrected chi connectivity index (χ4v) is 0.719. The normalized spacial score (nSPS) is 18.0. The van der Waals surface area contributed by atoms with Gasteiger partial charge in [0.25, 0.3) is 0 Å². The number of hydrogen-bond donors (Lipinski definition) is 1. The Kier molecular flexibility index (Phi) is 4.29. The molecule has 2 atom stereocenters. The lowest BCUT2D eigenvalue weighted by atomic mass is 10.1. The number of halogens is 1. The summed E-state index contributed by atoms with van der Waals surface area (Å²) in [6.07, 6.45) is 2.09. The van der Waals surface area contributed by atoms with Gasteiger partial charge in [-0.05, 0) is 12.3 Å². The highest BCUT2D eigenvalue weighted by Crippen LogP contribution is 2.12. The largest absolute Gasteiger partial charge is 0.377 e. The van der Waals surface area contributed by atoms with Crippen molar-refractivity contribution in [3.8, 4) is 0 Å². The molecule has 0 radical (unpaired) electrons. The van der Waals surface area contributed by atoms with Crippen molar-refractivity contribution in [1.82, 2.24) is 0 Å². The first-order valence-electron chi connectivity index (χ1n) is 3.00. The average Bonchev–Trinajstić information content (AvgIpc) is 1.67. The molecule has 0 fully saturated rings. The van der Waals surface area contributed by atoms with Crippen LogP contribution in [-0.2, 0) is 0 Å². The van der Waals surface area contributed by atoms with Crippen LogP contribution in [0.25, 0.3) is 0 Å². The fourth-order valence-electron chi connectivity index (χ4n) is 0.593. The summed E-state index contributed by atoms with van der Waals surface area (Å²) in [5.41, 5.74) is -0.657. The van der Waals surface area contributed by atoms with Crippen LogP contribution in [0.2, 0.25) is 0 Å². The van der Waals surface area contributed by atoms with E-state index in [2.05, 4.69) is 6.92 Å².